The molecule has 0 unspecified atom stereocenters. The Morgan fingerprint density at radius 1 is 1.03 bits per heavy atom. The Hall–Kier alpha value is -2.50. The van der Waals surface area contributed by atoms with Gasteiger partial charge in [0.25, 0.3) is 0 Å². The molecule has 0 aliphatic carbocycles. The Bertz CT molecular complexity index is 1160. The Balaban J connectivity index is 1.63. The molecule has 0 aliphatic rings. The van der Waals surface area contributed by atoms with Crippen molar-refractivity contribution in [2.45, 2.75) is 38.0 Å². The third-order valence-corrected chi connectivity index (χ3v) is 5.99. The van der Waals surface area contributed by atoms with Crippen LogP contribution >= 0.6 is 23.5 Å². The van der Waals surface area contributed by atoms with E-state index in [-0.39, 0.29) is 5.41 Å². The van der Waals surface area contributed by atoms with E-state index in [1.165, 1.54) is 5.56 Å². The van der Waals surface area contributed by atoms with E-state index in [4.69, 9.17) is 16.7 Å². The predicted octanol–water partition coefficient (Wildman–Crippen LogP) is 6.77. The fourth-order valence-corrected chi connectivity index (χ4v) is 3.99. The van der Waals surface area contributed by atoms with Gasteiger partial charge in [-0.25, -0.2) is 4.52 Å². The number of aryl methyl sites for hydroxylation is 1. The topological polar surface area (TPSA) is 42.2 Å². The van der Waals surface area contributed by atoms with Crippen LogP contribution in [0.1, 0.15) is 32.0 Å². The summed E-state index contributed by atoms with van der Waals surface area (Å²) in [7, 11) is 0. The molecule has 0 amide bonds. The van der Waals surface area contributed by atoms with E-state index in [9.17, 15) is 0 Å². The van der Waals surface area contributed by atoms with E-state index in [0.29, 0.717) is 5.02 Å². The van der Waals surface area contributed by atoms with Crippen LogP contribution in [-0.4, -0.2) is 14.6 Å². The molecule has 0 saturated heterocycles. The normalized spacial score (nSPS) is 11.8. The Kier molecular flexibility index (Phi) is 5.28. The second-order valence-electron chi connectivity index (χ2n) is 8.01. The van der Waals surface area contributed by atoms with Crippen LogP contribution in [0.15, 0.2) is 65.7 Å². The van der Waals surface area contributed by atoms with E-state index in [2.05, 4.69) is 54.7 Å². The first-order chi connectivity index (χ1) is 13.8. The Morgan fingerprint density at radius 3 is 2.48 bits per heavy atom. The minimum Gasteiger partial charge on any atom is -0.310 e. The maximum atomic E-state index is 6.44. The number of anilines is 1. The SMILES string of the molecule is Cc1ncccc1-c1cc2c(Cl)ccc(NSc3ccc(C(C)(C)C)cc3)n2n1. The van der Waals surface area contributed by atoms with Crippen LogP contribution in [0.25, 0.3) is 16.8 Å². The number of nitrogens with one attached hydrogen (secondary N) is 1. The molecule has 0 bridgehead atoms. The van der Waals surface area contributed by atoms with Crippen LogP contribution in [0.3, 0.4) is 0 Å². The second kappa shape index (κ2) is 7.73. The van der Waals surface area contributed by atoms with Crippen LogP contribution in [0.4, 0.5) is 5.82 Å². The largest absolute Gasteiger partial charge is 0.310 e. The summed E-state index contributed by atoms with van der Waals surface area (Å²) in [5, 5.41) is 5.44. The monoisotopic (exact) mass is 422 g/mol. The lowest BCUT2D eigenvalue weighted by atomic mass is 9.87. The zero-order valence-electron chi connectivity index (χ0n) is 16.9. The maximum absolute atomic E-state index is 6.44. The van der Waals surface area contributed by atoms with Crippen molar-refractivity contribution < 1.29 is 0 Å². The zero-order valence-corrected chi connectivity index (χ0v) is 18.5. The molecule has 29 heavy (non-hydrogen) atoms. The molecule has 0 spiro atoms. The van der Waals surface area contributed by atoms with Crippen LogP contribution in [0.2, 0.25) is 5.02 Å². The minimum atomic E-state index is 0.148. The van der Waals surface area contributed by atoms with Crippen molar-refractivity contribution in [2.24, 2.45) is 0 Å². The molecule has 0 atom stereocenters. The van der Waals surface area contributed by atoms with Gasteiger partial charge in [0.1, 0.15) is 5.82 Å². The lowest BCUT2D eigenvalue weighted by Crippen LogP contribution is -2.10. The molecule has 0 saturated carbocycles. The van der Waals surface area contributed by atoms with Gasteiger partial charge in [-0.2, -0.15) is 5.10 Å². The van der Waals surface area contributed by atoms with Crippen molar-refractivity contribution in [2.75, 3.05) is 4.72 Å². The summed E-state index contributed by atoms with van der Waals surface area (Å²) in [4.78, 5) is 5.50. The molecular formula is C23H23ClN4S. The Labute approximate surface area is 180 Å². The molecule has 0 aliphatic heterocycles. The molecule has 0 radical (unpaired) electrons. The van der Waals surface area contributed by atoms with E-state index < -0.39 is 0 Å². The van der Waals surface area contributed by atoms with Crippen LogP contribution in [0, 0.1) is 6.92 Å². The number of hydrogen-bond donors (Lipinski definition) is 1. The molecule has 6 heteroatoms. The van der Waals surface area contributed by atoms with Crippen LogP contribution in [0.5, 0.6) is 0 Å². The fourth-order valence-electron chi connectivity index (χ4n) is 3.14. The summed E-state index contributed by atoms with van der Waals surface area (Å²) in [6, 6.07) is 18.4. The van der Waals surface area contributed by atoms with Gasteiger partial charge in [0.2, 0.25) is 0 Å². The highest BCUT2D eigenvalue weighted by molar-refractivity contribution is 8.00. The number of aromatic nitrogens is 3. The number of hydrogen-bond acceptors (Lipinski definition) is 4. The third-order valence-electron chi connectivity index (χ3n) is 4.85. The highest BCUT2D eigenvalue weighted by Gasteiger charge is 2.14. The molecule has 1 N–H and O–H groups in total. The number of pyridine rings is 2. The average molecular weight is 423 g/mol. The van der Waals surface area contributed by atoms with Gasteiger partial charge in [0, 0.05) is 22.3 Å². The first-order valence-corrected chi connectivity index (χ1v) is 10.7. The summed E-state index contributed by atoms with van der Waals surface area (Å²) in [5.74, 6) is 0.863. The average Bonchev–Trinajstić information content (AvgIpc) is 3.14. The van der Waals surface area contributed by atoms with E-state index in [0.717, 1.165) is 33.2 Å². The summed E-state index contributed by atoms with van der Waals surface area (Å²) in [6.07, 6.45) is 1.79. The van der Waals surface area contributed by atoms with Crippen molar-refractivity contribution in [1.29, 1.82) is 0 Å². The number of benzene rings is 1. The maximum Gasteiger partial charge on any atom is 0.138 e. The molecule has 148 valence electrons. The third kappa shape index (κ3) is 4.11. The molecule has 4 nitrogen and oxygen atoms in total. The van der Waals surface area contributed by atoms with Gasteiger partial charge in [-0.3, -0.25) is 4.98 Å². The second-order valence-corrected chi connectivity index (χ2v) is 9.29. The van der Waals surface area contributed by atoms with E-state index in [1.807, 2.05) is 41.8 Å². The van der Waals surface area contributed by atoms with Gasteiger partial charge in [-0.15, -0.1) is 0 Å². The first kappa shape index (κ1) is 19.8. The molecule has 4 rings (SSSR count). The van der Waals surface area contributed by atoms with Crippen molar-refractivity contribution in [1.82, 2.24) is 14.6 Å². The molecule has 3 heterocycles. The van der Waals surface area contributed by atoms with E-state index >= 15 is 0 Å². The minimum absolute atomic E-state index is 0.148. The smallest absolute Gasteiger partial charge is 0.138 e. The number of fused-ring (bicyclic) bond motifs is 1. The molecule has 4 aromatic rings. The molecule has 3 aromatic heterocycles. The lowest BCUT2D eigenvalue weighted by Gasteiger charge is -2.19. The van der Waals surface area contributed by atoms with Crippen molar-refractivity contribution in [3.8, 4) is 11.3 Å². The van der Waals surface area contributed by atoms with Crippen LogP contribution < -0.4 is 4.72 Å². The first-order valence-electron chi connectivity index (χ1n) is 9.46. The number of nitrogens with zero attached hydrogens (tertiary/aromatic N) is 3. The van der Waals surface area contributed by atoms with Gasteiger partial charge in [0.05, 0.1) is 16.2 Å². The number of rotatable bonds is 4. The summed E-state index contributed by atoms with van der Waals surface area (Å²) in [6.45, 7) is 8.64. The van der Waals surface area contributed by atoms with Crippen molar-refractivity contribution in [3.05, 3.63) is 77.1 Å². The fraction of sp³-hybridized carbons (Fsp3) is 0.217. The van der Waals surface area contributed by atoms with Gasteiger partial charge in [-0.1, -0.05) is 44.5 Å². The highest BCUT2D eigenvalue weighted by Crippen LogP contribution is 2.31. The van der Waals surface area contributed by atoms with Crippen LogP contribution in [-0.2, 0) is 5.41 Å². The number of halogens is 1. The Morgan fingerprint density at radius 2 is 1.79 bits per heavy atom. The van der Waals surface area contributed by atoms with Gasteiger partial charge < -0.3 is 4.72 Å². The van der Waals surface area contributed by atoms with Gasteiger partial charge in [-0.05, 0) is 72.3 Å². The van der Waals surface area contributed by atoms with Crippen molar-refractivity contribution in [3.63, 3.8) is 0 Å². The molecule has 1 aromatic carbocycles. The van der Waals surface area contributed by atoms with Gasteiger partial charge in [0.15, 0.2) is 0 Å². The standard InChI is InChI=1S/C23H23ClN4S/c1-15-18(6-5-13-25-15)20-14-21-19(24)11-12-22(28(21)26-20)27-29-17-9-7-16(8-10-17)23(2,3)4/h5-14,27H,1-4H3. The highest BCUT2D eigenvalue weighted by atomic mass is 35.5. The summed E-state index contributed by atoms with van der Waals surface area (Å²) >= 11 is 7.99. The lowest BCUT2D eigenvalue weighted by molar-refractivity contribution is 0.590. The van der Waals surface area contributed by atoms with E-state index in [1.54, 1.807) is 18.1 Å². The predicted molar refractivity (Wildman–Crippen MR) is 123 cm³/mol. The molecule has 0 fully saturated rings. The van der Waals surface area contributed by atoms with Gasteiger partial charge >= 0.3 is 0 Å². The zero-order chi connectivity index (χ0) is 20.6. The summed E-state index contributed by atoms with van der Waals surface area (Å²) in [5.41, 5.74) is 5.12. The van der Waals surface area contributed by atoms with Crippen molar-refractivity contribution >= 4 is 34.9 Å². The summed E-state index contributed by atoms with van der Waals surface area (Å²) < 4.78 is 5.26. The quantitative estimate of drug-likeness (QED) is 0.368. The molecular weight excluding hydrogens is 400 g/mol.